The zero-order valence-electron chi connectivity index (χ0n) is 10.9. The number of nitrogens with zero attached hydrogens (tertiary/aromatic N) is 3. The van der Waals surface area contributed by atoms with Gasteiger partial charge in [-0.1, -0.05) is 23.7 Å². The minimum Gasteiger partial charge on any atom is -0.347 e. The summed E-state index contributed by atoms with van der Waals surface area (Å²) in [6, 6.07) is 6.03. The van der Waals surface area contributed by atoms with E-state index in [0.717, 1.165) is 11.4 Å². The minimum atomic E-state index is -0.496. The number of imidazole rings is 1. The van der Waals surface area contributed by atoms with Crippen LogP contribution in [0.15, 0.2) is 30.6 Å². The molecule has 1 saturated heterocycles. The summed E-state index contributed by atoms with van der Waals surface area (Å²) in [6.45, 7) is 0.367. The quantitative estimate of drug-likeness (QED) is 0.819. The minimum absolute atomic E-state index is 0.248. The molecule has 2 aromatic rings. The Balaban J connectivity index is 1.75. The van der Waals surface area contributed by atoms with Crippen molar-refractivity contribution in [1.29, 1.82) is 0 Å². The van der Waals surface area contributed by atoms with Gasteiger partial charge in [0, 0.05) is 6.42 Å². The summed E-state index contributed by atoms with van der Waals surface area (Å²) in [5.74, 6) is -0.248. The number of aromatic nitrogens is 2. The van der Waals surface area contributed by atoms with E-state index >= 15 is 0 Å². The van der Waals surface area contributed by atoms with Gasteiger partial charge in [-0.25, -0.2) is 14.7 Å². The summed E-state index contributed by atoms with van der Waals surface area (Å²) in [6.07, 6.45) is 2.03. The third-order valence-electron chi connectivity index (χ3n) is 3.93. The Hall–Kier alpha value is -2.34. The Morgan fingerprint density at radius 2 is 2.10 bits per heavy atom. The van der Waals surface area contributed by atoms with Gasteiger partial charge in [-0.15, -0.1) is 0 Å². The van der Waals surface area contributed by atoms with Crippen molar-refractivity contribution < 1.29 is 9.59 Å². The number of carbonyl (C=O) groups is 2. The molecular formula is C14H11ClN4O2. The normalized spacial score (nSPS) is 20.7. The lowest BCUT2D eigenvalue weighted by Gasteiger charge is -2.25. The van der Waals surface area contributed by atoms with Gasteiger partial charge >= 0.3 is 6.03 Å². The molecule has 1 fully saturated rings. The summed E-state index contributed by atoms with van der Waals surface area (Å²) in [5, 5.41) is 0.385. The highest BCUT2D eigenvalue weighted by molar-refractivity contribution is 6.35. The first kappa shape index (κ1) is 12.4. The first-order chi connectivity index (χ1) is 10.2. The molecule has 3 amide bonds. The van der Waals surface area contributed by atoms with Gasteiger partial charge in [0.1, 0.15) is 6.04 Å². The van der Waals surface area contributed by atoms with E-state index in [4.69, 9.17) is 11.6 Å². The number of para-hydroxylation sites is 1. The molecule has 0 spiro atoms. The first-order valence-electron chi connectivity index (χ1n) is 6.57. The van der Waals surface area contributed by atoms with Gasteiger partial charge in [-0.05, 0) is 12.1 Å². The summed E-state index contributed by atoms with van der Waals surface area (Å²) in [5.41, 5.74) is 2.16. The number of hydrogen-bond acceptors (Lipinski definition) is 3. The number of fused-ring (bicyclic) bond motifs is 2. The Labute approximate surface area is 125 Å². The third-order valence-corrected chi connectivity index (χ3v) is 4.25. The van der Waals surface area contributed by atoms with Gasteiger partial charge < -0.3 is 9.88 Å². The van der Waals surface area contributed by atoms with Gasteiger partial charge in [0.15, 0.2) is 0 Å². The van der Waals surface area contributed by atoms with Crippen LogP contribution in [0.3, 0.4) is 0 Å². The average molecular weight is 303 g/mol. The number of nitrogens with one attached hydrogen (secondary N) is 1. The maximum atomic E-state index is 12.6. The van der Waals surface area contributed by atoms with Gasteiger partial charge in [0.2, 0.25) is 0 Å². The Bertz CT molecular complexity index is 718. The number of benzene rings is 1. The number of hydrogen-bond donors (Lipinski definition) is 1. The van der Waals surface area contributed by atoms with E-state index < -0.39 is 6.04 Å². The molecule has 7 heteroatoms. The highest BCUT2D eigenvalue weighted by atomic mass is 35.5. The van der Waals surface area contributed by atoms with Crippen LogP contribution >= 0.6 is 11.6 Å². The molecule has 1 unspecified atom stereocenters. The standard InChI is InChI=1S/C14H11ClN4O2/c15-8-3-1-2-4-11(8)19-13(20)12-5-9-10(17-7-16-9)6-18(12)14(19)21/h1-4,7,12H,5-6H2,(H,16,17). The van der Waals surface area contributed by atoms with Crippen LogP contribution in [0.2, 0.25) is 5.02 Å². The molecule has 0 radical (unpaired) electrons. The van der Waals surface area contributed by atoms with Crippen molar-refractivity contribution in [2.24, 2.45) is 0 Å². The van der Waals surface area contributed by atoms with E-state index in [0.29, 0.717) is 23.7 Å². The number of urea groups is 1. The second-order valence-corrected chi connectivity index (χ2v) is 5.49. The van der Waals surface area contributed by atoms with Crippen LogP contribution in [0, 0.1) is 0 Å². The second-order valence-electron chi connectivity index (χ2n) is 5.08. The van der Waals surface area contributed by atoms with Crippen molar-refractivity contribution >= 4 is 29.2 Å². The van der Waals surface area contributed by atoms with Crippen LogP contribution in [0.5, 0.6) is 0 Å². The number of imide groups is 1. The monoisotopic (exact) mass is 302 g/mol. The van der Waals surface area contributed by atoms with E-state index in [1.54, 1.807) is 35.5 Å². The Morgan fingerprint density at radius 3 is 2.90 bits per heavy atom. The molecular weight excluding hydrogens is 292 g/mol. The molecule has 4 rings (SSSR count). The lowest BCUT2D eigenvalue weighted by atomic mass is 10.0. The number of anilines is 1. The summed E-state index contributed by atoms with van der Waals surface area (Å²) in [4.78, 5) is 35.1. The lowest BCUT2D eigenvalue weighted by molar-refractivity contribution is -0.120. The molecule has 6 nitrogen and oxygen atoms in total. The predicted octanol–water partition coefficient (Wildman–Crippen LogP) is 1.96. The molecule has 1 atom stereocenters. The van der Waals surface area contributed by atoms with Gasteiger partial charge in [0.25, 0.3) is 5.91 Å². The van der Waals surface area contributed by atoms with Crippen LogP contribution in [0.25, 0.3) is 0 Å². The molecule has 21 heavy (non-hydrogen) atoms. The van der Waals surface area contributed by atoms with Gasteiger partial charge in [-0.2, -0.15) is 0 Å². The summed E-state index contributed by atoms with van der Waals surface area (Å²) in [7, 11) is 0. The van der Waals surface area contributed by atoms with E-state index in [-0.39, 0.29) is 11.9 Å². The number of amides is 3. The Kier molecular flexibility index (Phi) is 2.56. The first-order valence-corrected chi connectivity index (χ1v) is 6.95. The largest absolute Gasteiger partial charge is 0.347 e. The van der Waals surface area contributed by atoms with Crippen molar-refractivity contribution in [2.75, 3.05) is 4.90 Å². The maximum absolute atomic E-state index is 12.6. The Morgan fingerprint density at radius 1 is 1.29 bits per heavy atom. The number of H-pyrrole nitrogens is 1. The van der Waals surface area contributed by atoms with E-state index in [9.17, 15) is 9.59 Å². The number of aromatic amines is 1. The lowest BCUT2D eigenvalue weighted by Crippen LogP contribution is -2.40. The number of carbonyl (C=O) groups excluding carboxylic acids is 2. The van der Waals surface area contributed by atoms with Gasteiger partial charge in [-0.3, -0.25) is 4.79 Å². The highest BCUT2D eigenvalue weighted by Crippen LogP contribution is 2.34. The highest BCUT2D eigenvalue weighted by Gasteiger charge is 2.48. The van der Waals surface area contributed by atoms with Crippen molar-refractivity contribution in [3.63, 3.8) is 0 Å². The third kappa shape index (κ3) is 1.69. The van der Waals surface area contributed by atoms with E-state index in [1.807, 2.05) is 0 Å². The number of rotatable bonds is 1. The molecule has 2 aliphatic rings. The second kappa shape index (κ2) is 4.33. The zero-order chi connectivity index (χ0) is 14.6. The SMILES string of the molecule is O=C1C2Cc3nc[nH]c3CN2C(=O)N1c1ccccc1Cl. The zero-order valence-corrected chi connectivity index (χ0v) is 11.7. The topological polar surface area (TPSA) is 69.3 Å². The maximum Gasteiger partial charge on any atom is 0.332 e. The fraction of sp³-hybridized carbons (Fsp3) is 0.214. The van der Waals surface area contributed by atoms with Crippen molar-refractivity contribution in [2.45, 2.75) is 19.0 Å². The predicted molar refractivity (Wildman–Crippen MR) is 76.0 cm³/mol. The van der Waals surface area contributed by atoms with Crippen LogP contribution < -0.4 is 4.90 Å². The van der Waals surface area contributed by atoms with Crippen LogP contribution in [0.4, 0.5) is 10.5 Å². The fourth-order valence-corrected chi connectivity index (χ4v) is 3.10. The van der Waals surface area contributed by atoms with E-state index in [2.05, 4.69) is 9.97 Å². The molecule has 106 valence electrons. The smallest absolute Gasteiger partial charge is 0.332 e. The molecule has 1 aromatic heterocycles. The van der Waals surface area contributed by atoms with Crippen LogP contribution in [-0.2, 0) is 17.8 Å². The molecule has 0 aliphatic carbocycles. The molecule has 1 N–H and O–H groups in total. The van der Waals surface area contributed by atoms with Crippen LogP contribution in [0.1, 0.15) is 11.4 Å². The van der Waals surface area contributed by atoms with Crippen molar-refractivity contribution in [3.8, 4) is 0 Å². The molecule has 2 aliphatic heterocycles. The molecule has 0 saturated carbocycles. The summed E-state index contributed by atoms with van der Waals surface area (Å²) < 4.78 is 0. The molecule has 0 bridgehead atoms. The van der Waals surface area contributed by atoms with Gasteiger partial charge in [0.05, 0.1) is 35.0 Å². The summed E-state index contributed by atoms with van der Waals surface area (Å²) >= 11 is 6.12. The van der Waals surface area contributed by atoms with Crippen molar-refractivity contribution in [3.05, 3.63) is 47.0 Å². The molecule has 3 heterocycles. The number of halogens is 1. The van der Waals surface area contributed by atoms with Crippen LogP contribution in [-0.4, -0.2) is 32.8 Å². The molecule has 1 aromatic carbocycles. The van der Waals surface area contributed by atoms with E-state index in [1.165, 1.54) is 4.90 Å². The average Bonchev–Trinajstić information content (AvgIpc) is 3.03. The fourth-order valence-electron chi connectivity index (χ4n) is 2.88. The van der Waals surface area contributed by atoms with Crippen molar-refractivity contribution in [1.82, 2.24) is 14.9 Å².